The average Bonchev–Trinajstić information content (AvgIpc) is 2.51. The number of aryl methyl sites for hydroxylation is 1. The molecule has 1 N–H and O–H groups in total. The van der Waals surface area contributed by atoms with Gasteiger partial charge in [-0.3, -0.25) is 4.79 Å². The summed E-state index contributed by atoms with van der Waals surface area (Å²) in [6, 6.07) is 1.76. The Morgan fingerprint density at radius 2 is 2.06 bits per heavy atom. The number of nitrogens with zero attached hydrogens (tertiary/aromatic N) is 1. The molecule has 0 aromatic carbocycles. The third-order valence-corrected chi connectivity index (χ3v) is 3.98. The summed E-state index contributed by atoms with van der Waals surface area (Å²) in [5, 5.41) is 0. The third-order valence-electron chi connectivity index (χ3n) is 2.63. The molecule has 0 aliphatic rings. The van der Waals surface area contributed by atoms with Crippen LogP contribution in [0.1, 0.15) is 21.7 Å². The first-order valence-corrected chi connectivity index (χ1v) is 6.59. The molecule has 0 unspecified atom stereocenters. The van der Waals surface area contributed by atoms with E-state index in [0.717, 1.165) is 17.7 Å². The van der Waals surface area contributed by atoms with E-state index >= 15 is 0 Å². The van der Waals surface area contributed by atoms with Gasteiger partial charge in [0.2, 0.25) is 10.0 Å². The van der Waals surface area contributed by atoms with Crippen molar-refractivity contribution in [3.05, 3.63) is 23.0 Å². The molecule has 1 heterocycles. The van der Waals surface area contributed by atoms with E-state index in [1.54, 1.807) is 6.07 Å². The van der Waals surface area contributed by atoms with Crippen molar-refractivity contribution in [3.63, 3.8) is 0 Å². The van der Waals surface area contributed by atoms with E-state index in [0.29, 0.717) is 12.1 Å². The van der Waals surface area contributed by atoms with E-state index in [1.165, 1.54) is 7.05 Å². The van der Waals surface area contributed by atoms with Crippen LogP contribution in [0.15, 0.2) is 6.07 Å². The first-order chi connectivity index (χ1) is 7.41. The summed E-state index contributed by atoms with van der Waals surface area (Å²) in [6.07, 6.45) is 0.783. The Hall–Kier alpha value is -1.14. The molecule has 0 radical (unpaired) electrons. The van der Waals surface area contributed by atoms with Gasteiger partial charge in [-0.05, 0) is 27.0 Å². The molecule has 1 aromatic rings. The molecule has 0 bridgehead atoms. The molecule has 0 fully saturated rings. The fourth-order valence-corrected chi connectivity index (χ4v) is 2.23. The Balaban J connectivity index is 2.90. The van der Waals surface area contributed by atoms with Gasteiger partial charge in [0, 0.05) is 23.5 Å². The van der Waals surface area contributed by atoms with Crippen LogP contribution >= 0.6 is 0 Å². The van der Waals surface area contributed by atoms with Crippen molar-refractivity contribution in [1.82, 2.24) is 9.29 Å². The van der Waals surface area contributed by atoms with Gasteiger partial charge < -0.3 is 4.57 Å². The standard InChI is InChI=1S/C10H16N2O3S/c1-8-6-10(7-13)9(2)12(8)4-5-16(14,15)11-3/h6-7,11H,4-5H2,1-3H3. The molecule has 0 aliphatic heterocycles. The van der Waals surface area contributed by atoms with Crippen LogP contribution in [0.3, 0.4) is 0 Å². The second kappa shape index (κ2) is 4.80. The van der Waals surface area contributed by atoms with Gasteiger partial charge in [-0.25, -0.2) is 13.1 Å². The third kappa shape index (κ3) is 2.70. The number of sulfonamides is 1. The first-order valence-electron chi connectivity index (χ1n) is 4.94. The number of carbonyl (C=O) groups is 1. The van der Waals surface area contributed by atoms with Crippen LogP contribution in [0.25, 0.3) is 0 Å². The van der Waals surface area contributed by atoms with Crippen molar-refractivity contribution >= 4 is 16.3 Å². The molecule has 0 saturated heterocycles. The lowest BCUT2D eigenvalue weighted by atomic mass is 10.3. The highest BCUT2D eigenvalue weighted by Crippen LogP contribution is 2.13. The van der Waals surface area contributed by atoms with Crippen LogP contribution in [0.2, 0.25) is 0 Å². The summed E-state index contributed by atoms with van der Waals surface area (Å²) in [4.78, 5) is 10.7. The SMILES string of the molecule is CNS(=O)(=O)CCn1c(C)cc(C=O)c1C. The molecule has 0 spiro atoms. The Labute approximate surface area is 95.5 Å². The highest BCUT2D eigenvalue weighted by atomic mass is 32.2. The van der Waals surface area contributed by atoms with Crippen LogP contribution in [-0.2, 0) is 16.6 Å². The Morgan fingerprint density at radius 3 is 2.50 bits per heavy atom. The Kier molecular flexibility index (Phi) is 3.88. The fourth-order valence-electron chi connectivity index (χ4n) is 1.60. The monoisotopic (exact) mass is 244 g/mol. The minimum atomic E-state index is -3.21. The van der Waals surface area contributed by atoms with E-state index in [2.05, 4.69) is 4.72 Å². The average molecular weight is 244 g/mol. The number of aromatic nitrogens is 1. The van der Waals surface area contributed by atoms with E-state index in [9.17, 15) is 13.2 Å². The van der Waals surface area contributed by atoms with E-state index in [-0.39, 0.29) is 5.75 Å². The van der Waals surface area contributed by atoms with E-state index in [1.807, 2.05) is 18.4 Å². The molecule has 0 saturated carbocycles. The lowest BCUT2D eigenvalue weighted by Gasteiger charge is -2.09. The molecule has 6 heteroatoms. The summed E-state index contributed by atoms with van der Waals surface area (Å²) < 4.78 is 26.6. The van der Waals surface area contributed by atoms with Crippen LogP contribution in [0.5, 0.6) is 0 Å². The van der Waals surface area contributed by atoms with E-state index < -0.39 is 10.0 Å². The second-order valence-electron chi connectivity index (χ2n) is 3.62. The highest BCUT2D eigenvalue weighted by molar-refractivity contribution is 7.89. The summed E-state index contributed by atoms with van der Waals surface area (Å²) in [7, 11) is -1.82. The summed E-state index contributed by atoms with van der Waals surface area (Å²) >= 11 is 0. The largest absolute Gasteiger partial charge is 0.347 e. The molecule has 0 atom stereocenters. The van der Waals surface area contributed by atoms with Gasteiger partial charge in [0.1, 0.15) is 0 Å². The lowest BCUT2D eigenvalue weighted by molar-refractivity contribution is 0.112. The van der Waals surface area contributed by atoms with Gasteiger partial charge >= 0.3 is 0 Å². The van der Waals surface area contributed by atoms with Gasteiger partial charge in [0.25, 0.3) is 0 Å². The molecule has 1 rings (SSSR count). The number of carbonyl (C=O) groups excluding carboxylic acids is 1. The molecule has 16 heavy (non-hydrogen) atoms. The molecular weight excluding hydrogens is 228 g/mol. The van der Waals surface area contributed by atoms with Crippen LogP contribution in [0.4, 0.5) is 0 Å². The molecule has 0 aliphatic carbocycles. The number of hydrogen-bond donors (Lipinski definition) is 1. The van der Waals surface area contributed by atoms with Crippen molar-refractivity contribution in [2.24, 2.45) is 0 Å². The zero-order valence-electron chi connectivity index (χ0n) is 9.65. The normalized spacial score (nSPS) is 11.7. The maximum absolute atomic E-state index is 11.3. The van der Waals surface area contributed by atoms with Crippen LogP contribution in [-0.4, -0.2) is 32.1 Å². The number of nitrogens with one attached hydrogen (secondary N) is 1. The quantitative estimate of drug-likeness (QED) is 0.765. The van der Waals surface area contributed by atoms with Gasteiger partial charge in [0.05, 0.1) is 5.75 Å². The van der Waals surface area contributed by atoms with Crippen molar-refractivity contribution in [2.45, 2.75) is 20.4 Å². The lowest BCUT2D eigenvalue weighted by Crippen LogP contribution is -2.25. The second-order valence-corrected chi connectivity index (χ2v) is 5.66. The smallest absolute Gasteiger partial charge is 0.213 e. The summed E-state index contributed by atoms with van der Waals surface area (Å²) in [5.41, 5.74) is 2.31. The number of hydrogen-bond acceptors (Lipinski definition) is 3. The van der Waals surface area contributed by atoms with Gasteiger partial charge in [-0.1, -0.05) is 0 Å². The van der Waals surface area contributed by atoms with Crippen molar-refractivity contribution < 1.29 is 13.2 Å². The molecular formula is C10H16N2O3S. The predicted molar refractivity (Wildman–Crippen MR) is 62.1 cm³/mol. The van der Waals surface area contributed by atoms with Crippen LogP contribution in [0, 0.1) is 13.8 Å². The Morgan fingerprint density at radius 1 is 1.44 bits per heavy atom. The molecule has 90 valence electrons. The maximum atomic E-state index is 11.3. The summed E-state index contributed by atoms with van der Waals surface area (Å²) in [6.45, 7) is 4.02. The van der Waals surface area contributed by atoms with E-state index in [4.69, 9.17) is 0 Å². The number of rotatable bonds is 5. The minimum absolute atomic E-state index is 0.0121. The molecule has 0 amide bonds. The molecule has 1 aromatic heterocycles. The van der Waals surface area contributed by atoms with Crippen molar-refractivity contribution in [2.75, 3.05) is 12.8 Å². The van der Waals surface area contributed by atoms with Crippen LogP contribution < -0.4 is 4.72 Å². The van der Waals surface area contributed by atoms with Gasteiger partial charge in [0.15, 0.2) is 6.29 Å². The van der Waals surface area contributed by atoms with Crippen molar-refractivity contribution in [3.8, 4) is 0 Å². The summed E-state index contributed by atoms with van der Waals surface area (Å²) in [5.74, 6) is 0.0121. The Bertz CT molecular complexity index is 488. The highest BCUT2D eigenvalue weighted by Gasteiger charge is 2.12. The van der Waals surface area contributed by atoms with Gasteiger partial charge in [-0.15, -0.1) is 0 Å². The molecule has 5 nitrogen and oxygen atoms in total. The maximum Gasteiger partial charge on any atom is 0.213 e. The zero-order valence-corrected chi connectivity index (χ0v) is 10.5. The fraction of sp³-hybridized carbons (Fsp3) is 0.500. The number of aldehydes is 1. The topological polar surface area (TPSA) is 68.2 Å². The first kappa shape index (κ1) is 12.9. The van der Waals surface area contributed by atoms with Crippen molar-refractivity contribution in [1.29, 1.82) is 0 Å². The predicted octanol–water partition coefficient (Wildman–Crippen LogP) is 0.467. The van der Waals surface area contributed by atoms with Gasteiger partial charge in [-0.2, -0.15) is 0 Å². The zero-order chi connectivity index (χ0) is 12.3. The minimum Gasteiger partial charge on any atom is -0.347 e.